The van der Waals surface area contributed by atoms with Crippen LogP contribution >= 0.6 is 15.9 Å². The monoisotopic (exact) mass is 349 g/mol. The zero-order chi connectivity index (χ0) is 14.9. The normalized spacial score (nSPS) is 13.3. The topological polar surface area (TPSA) is 33.1 Å². The van der Waals surface area contributed by atoms with Gasteiger partial charge in [0.1, 0.15) is 11.9 Å². The van der Waals surface area contributed by atoms with Gasteiger partial charge in [-0.25, -0.2) is 4.39 Å². The van der Waals surface area contributed by atoms with E-state index in [-0.39, 0.29) is 15.6 Å². The second-order valence-corrected chi connectivity index (χ2v) is 4.88. The molecule has 0 saturated heterocycles. The molecule has 0 radical (unpaired) electrons. The number of aromatic nitrogens is 1. The van der Waals surface area contributed by atoms with Crippen molar-refractivity contribution in [1.82, 2.24) is 4.98 Å². The van der Waals surface area contributed by atoms with Gasteiger partial charge in [0.15, 0.2) is 0 Å². The van der Waals surface area contributed by atoms with E-state index < -0.39 is 23.7 Å². The molecule has 0 bridgehead atoms. The quantitative estimate of drug-likeness (QED) is 0.828. The Bertz CT molecular complexity index is 630. The van der Waals surface area contributed by atoms with Gasteiger partial charge in [0, 0.05) is 22.4 Å². The minimum absolute atomic E-state index is 0.130. The number of aliphatic hydroxyl groups excluding tert-OH is 1. The first-order chi connectivity index (χ1) is 9.30. The van der Waals surface area contributed by atoms with E-state index in [0.717, 1.165) is 30.6 Å². The molecule has 0 fully saturated rings. The van der Waals surface area contributed by atoms with Crippen LogP contribution in [0, 0.1) is 5.82 Å². The highest BCUT2D eigenvalue weighted by molar-refractivity contribution is 9.10. The van der Waals surface area contributed by atoms with Crippen molar-refractivity contribution >= 4 is 15.9 Å². The molecule has 0 aliphatic carbocycles. The molecule has 0 spiro atoms. The Morgan fingerprint density at radius 2 is 1.85 bits per heavy atom. The van der Waals surface area contributed by atoms with Gasteiger partial charge in [-0.3, -0.25) is 4.98 Å². The van der Waals surface area contributed by atoms with Crippen molar-refractivity contribution in [3.63, 3.8) is 0 Å². The molecule has 0 aliphatic rings. The molecule has 1 unspecified atom stereocenters. The van der Waals surface area contributed by atoms with Gasteiger partial charge >= 0.3 is 6.18 Å². The second kappa shape index (κ2) is 5.49. The van der Waals surface area contributed by atoms with E-state index in [1.54, 1.807) is 0 Å². The predicted molar refractivity (Wildman–Crippen MR) is 67.4 cm³/mol. The molecular formula is C13H8BrF4NO. The van der Waals surface area contributed by atoms with Crippen molar-refractivity contribution in [3.8, 4) is 0 Å². The zero-order valence-corrected chi connectivity index (χ0v) is 11.4. The number of pyridine rings is 1. The molecule has 7 heteroatoms. The maximum Gasteiger partial charge on any atom is 0.416 e. The number of aliphatic hydroxyl groups is 1. The summed E-state index contributed by atoms with van der Waals surface area (Å²) in [6.45, 7) is 0. The summed E-state index contributed by atoms with van der Waals surface area (Å²) in [5.41, 5.74) is -1.23. The van der Waals surface area contributed by atoms with E-state index >= 15 is 0 Å². The Hall–Kier alpha value is -1.47. The molecule has 0 aliphatic heterocycles. The first-order valence-electron chi connectivity index (χ1n) is 5.45. The standard InChI is InChI=1S/C13H8BrF4NO/c14-11-5-7(15)1-2-8(11)12(20)9-6-19-4-3-10(9)13(16,17)18/h1-6,12,20H. The van der Waals surface area contributed by atoms with Crippen molar-refractivity contribution in [2.45, 2.75) is 12.3 Å². The molecular weight excluding hydrogens is 342 g/mol. The van der Waals surface area contributed by atoms with Crippen LogP contribution in [0.15, 0.2) is 41.1 Å². The minimum atomic E-state index is -4.61. The second-order valence-electron chi connectivity index (χ2n) is 4.03. The maximum atomic E-state index is 13.0. The number of nitrogens with zero attached hydrogens (tertiary/aromatic N) is 1. The largest absolute Gasteiger partial charge is 0.416 e. The molecule has 2 aromatic rings. The highest BCUT2D eigenvalue weighted by atomic mass is 79.9. The molecule has 1 atom stereocenters. The van der Waals surface area contributed by atoms with Gasteiger partial charge in [0.2, 0.25) is 0 Å². The number of rotatable bonds is 2. The first kappa shape index (κ1) is 14.9. The zero-order valence-electron chi connectivity index (χ0n) is 9.83. The summed E-state index contributed by atoms with van der Waals surface area (Å²) in [6.07, 6.45) is -4.22. The van der Waals surface area contributed by atoms with E-state index in [0.29, 0.717) is 0 Å². The van der Waals surface area contributed by atoms with Crippen molar-refractivity contribution in [3.05, 3.63) is 63.6 Å². The van der Waals surface area contributed by atoms with Gasteiger partial charge in [0.25, 0.3) is 0 Å². The molecule has 1 aromatic heterocycles. The molecule has 106 valence electrons. The van der Waals surface area contributed by atoms with Crippen LogP contribution in [0.3, 0.4) is 0 Å². The van der Waals surface area contributed by atoms with Crippen molar-refractivity contribution in [2.75, 3.05) is 0 Å². The third-order valence-corrected chi connectivity index (χ3v) is 3.40. The molecule has 0 amide bonds. The lowest BCUT2D eigenvalue weighted by Crippen LogP contribution is -2.13. The summed E-state index contributed by atoms with van der Waals surface area (Å²) in [4.78, 5) is 3.60. The molecule has 0 saturated carbocycles. The molecule has 1 heterocycles. The number of alkyl halides is 3. The van der Waals surface area contributed by atoms with Crippen LogP contribution in [0.2, 0.25) is 0 Å². The Morgan fingerprint density at radius 3 is 2.45 bits per heavy atom. The lowest BCUT2D eigenvalue weighted by atomic mass is 9.98. The minimum Gasteiger partial charge on any atom is -0.384 e. The molecule has 20 heavy (non-hydrogen) atoms. The van der Waals surface area contributed by atoms with Gasteiger partial charge in [0.05, 0.1) is 5.56 Å². The van der Waals surface area contributed by atoms with Crippen LogP contribution < -0.4 is 0 Å². The maximum absolute atomic E-state index is 13.0. The van der Waals surface area contributed by atoms with Crippen molar-refractivity contribution in [1.29, 1.82) is 0 Å². The summed E-state index contributed by atoms with van der Waals surface area (Å²) < 4.78 is 51.8. The van der Waals surface area contributed by atoms with Gasteiger partial charge < -0.3 is 5.11 Å². The summed E-state index contributed by atoms with van der Waals surface area (Å²) in [5, 5.41) is 10.1. The smallest absolute Gasteiger partial charge is 0.384 e. The fourth-order valence-corrected chi connectivity index (χ4v) is 2.34. The third-order valence-electron chi connectivity index (χ3n) is 2.71. The van der Waals surface area contributed by atoms with Crippen LogP contribution in [0.1, 0.15) is 22.8 Å². The predicted octanol–water partition coefficient (Wildman–Crippen LogP) is 4.08. The SMILES string of the molecule is OC(c1ccc(F)cc1Br)c1cnccc1C(F)(F)F. The van der Waals surface area contributed by atoms with Crippen LogP contribution in [0.4, 0.5) is 17.6 Å². The lowest BCUT2D eigenvalue weighted by molar-refractivity contribution is -0.139. The molecule has 2 nitrogen and oxygen atoms in total. The van der Waals surface area contributed by atoms with Crippen molar-refractivity contribution in [2.24, 2.45) is 0 Å². The van der Waals surface area contributed by atoms with E-state index in [9.17, 15) is 22.7 Å². The number of benzene rings is 1. The van der Waals surface area contributed by atoms with E-state index in [2.05, 4.69) is 20.9 Å². The summed E-state index contributed by atoms with van der Waals surface area (Å²) in [5.74, 6) is -0.560. The van der Waals surface area contributed by atoms with Gasteiger partial charge in [-0.2, -0.15) is 13.2 Å². The summed E-state index contributed by atoms with van der Waals surface area (Å²) in [6, 6.07) is 4.14. The molecule has 2 rings (SSSR count). The number of hydrogen-bond donors (Lipinski definition) is 1. The molecule has 1 N–H and O–H groups in total. The van der Waals surface area contributed by atoms with Gasteiger partial charge in [-0.15, -0.1) is 0 Å². The van der Waals surface area contributed by atoms with Gasteiger partial charge in [-0.05, 0) is 23.8 Å². The Balaban J connectivity index is 2.51. The van der Waals surface area contributed by atoms with Crippen LogP contribution in [0.5, 0.6) is 0 Å². The van der Waals surface area contributed by atoms with E-state index in [1.165, 1.54) is 6.07 Å². The number of hydrogen-bond acceptors (Lipinski definition) is 2. The van der Waals surface area contributed by atoms with Crippen LogP contribution in [-0.4, -0.2) is 10.1 Å². The highest BCUT2D eigenvalue weighted by Gasteiger charge is 2.35. The van der Waals surface area contributed by atoms with Crippen LogP contribution in [0.25, 0.3) is 0 Å². The Kier molecular flexibility index (Phi) is 4.10. The molecule has 1 aromatic carbocycles. The van der Waals surface area contributed by atoms with E-state index in [1.807, 2.05) is 0 Å². The summed E-state index contributed by atoms with van der Waals surface area (Å²) in [7, 11) is 0. The van der Waals surface area contributed by atoms with Crippen molar-refractivity contribution < 1.29 is 22.7 Å². The lowest BCUT2D eigenvalue weighted by Gasteiger charge is -2.18. The first-order valence-corrected chi connectivity index (χ1v) is 6.24. The Morgan fingerprint density at radius 1 is 1.15 bits per heavy atom. The fraction of sp³-hybridized carbons (Fsp3) is 0.154. The fourth-order valence-electron chi connectivity index (χ4n) is 1.77. The van der Waals surface area contributed by atoms with Gasteiger partial charge in [-0.1, -0.05) is 22.0 Å². The average Bonchev–Trinajstić information content (AvgIpc) is 2.37. The van der Waals surface area contributed by atoms with E-state index in [4.69, 9.17) is 0 Å². The number of halogens is 5. The van der Waals surface area contributed by atoms with Crippen LogP contribution in [-0.2, 0) is 6.18 Å². The Labute approximate surface area is 120 Å². The average molecular weight is 350 g/mol. The summed E-state index contributed by atoms with van der Waals surface area (Å²) >= 11 is 3.02. The highest BCUT2D eigenvalue weighted by Crippen LogP contribution is 2.37. The third kappa shape index (κ3) is 2.99.